The van der Waals surface area contributed by atoms with Crippen LogP contribution in [0.2, 0.25) is 0 Å². The smallest absolute Gasteiger partial charge is 0.0897 e. The molecule has 0 spiro atoms. The van der Waals surface area contributed by atoms with E-state index in [0.29, 0.717) is 6.04 Å². The third-order valence-electron chi connectivity index (χ3n) is 2.00. The van der Waals surface area contributed by atoms with Crippen LogP contribution in [0.5, 0.6) is 0 Å². The fourth-order valence-electron chi connectivity index (χ4n) is 1.19. The SMILES string of the molecule is Cc1nc(CCNCCC(C)N)cs1. The molecular weight excluding hydrogens is 194 g/mol. The van der Waals surface area contributed by atoms with Gasteiger partial charge in [0.05, 0.1) is 10.7 Å². The van der Waals surface area contributed by atoms with Gasteiger partial charge in [-0.15, -0.1) is 11.3 Å². The minimum absolute atomic E-state index is 0.295. The summed E-state index contributed by atoms with van der Waals surface area (Å²) >= 11 is 1.71. The first-order chi connectivity index (χ1) is 6.68. The van der Waals surface area contributed by atoms with Crippen LogP contribution in [0.15, 0.2) is 5.38 Å². The van der Waals surface area contributed by atoms with Crippen molar-refractivity contribution in [3.8, 4) is 0 Å². The van der Waals surface area contributed by atoms with Crippen molar-refractivity contribution in [1.29, 1.82) is 0 Å². The molecule has 0 radical (unpaired) electrons. The molecule has 1 aromatic rings. The fraction of sp³-hybridized carbons (Fsp3) is 0.700. The Labute approximate surface area is 89.7 Å². The Morgan fingerprint density at radius 1 is 1.57 bits per heavy atom. The molecule has 0 aliphatic carbocycles. The van der Waals surface area contributed by atoms with Crippen molar-refractivity contribution in [2.75, 3.05) is 13.1 Å². The molecule has 0 saturated heterocycles. The summed E-state index contributed by atoms with van der Waals surface area (Å²) in [5.74, 6) is 0. The van der Waals surface area contributed by atoms with E-state index in [9.17, 15) is 0 Å². The average Bonchev–Trinajstić information content (AvgIpc) is 2.50. The summed E-state index contributed by atoms with van der Waals surface area (Å²) in [5.41, 5.74) is 6.83. The summed E-state index contributed by atoms with van der Waals surface area (Å²) < 4.78 is 0. The number of rotatable bonds is 6. The summed E-state index contributed by atoms with van der Waals surface area (Å²) in [5, 5.41) is 6.64. The van der Waals surface area contributed by atoms with E-state index < -0.39 is 0 Å². The van der Waals surface area contributed by atoms with Crippen LogP contribution in [0, 0.1) is 6.92 Å². The van der Waals surface area contributed by atoms with Crippen LogP contribution in [0.3, 0.4) is 0 Å². The van der Waals surface area contributed by atoms with Crippen molar-refractivity contribution in [2.24, 2.45) is 5.73 Å². The predicted octanol–water partition coefficient (Wildman–Crippen LogP) is 1.32. The molecule has 1 unspecified atom stereocenters. The van der Waals surface area contributed by atoms with Crippen LogP contribution >= 0.6 is 11.3 Å². The van der Waals surface area contributed by atoms with Gasteiger partial charge in [0.1, 0.15) is 0 Å². The average molecular weight is 213 g/mol. The first kappa shape index (κ1) is 11.6. The van der Waals surface area contributed by atoms with Gasteiger partial charge in [-0.2, -0.15) is 0 Å². The van der Waals surface area contributed by atoms with Crippen LogP contribution in [0.25, 0.3) is 0 Å². The lowest BCUT2D eigenvalue weighted by Gasteiger charge is -2.05. The molecule has 1 aromatic heterocycles. The number of hydrogen-bond donors (Lipinski definition) is 2. The highest BCUT2D eigenvalue weighted by molar-refractivity contribution is 7.09. The van der Waals surface area contributed by atoms with Crippen LogP contribution in [0.1, 0.15) is 24.0 Å². The number of hydrogen-bond acceptors (Lipinski definition) is 4. The van der Waals surface area contributed by atoms with Crippen molar-refractivity contribution >= 4 is 11.3 Å². The van der Waals surface area contributed by atoms with Crippen LogP contribution in [-0.2, 0) is 6.42 Å². The van der Waals surface area contributed by atoms with Crippen molar-refractivity contribution < 1.29 is 0 Å². The molecule has 0 aromatic carbocycles. The van der Waals surface area contributed by atoms with Gasteiger partial charge in [0.25, 0.3) is 0 Å². The number of nitrogens with two attached hydrogens (primary N) is 1. The predicted molar refractivity (Wildman–Crippen MR) is 61.7 cm³/mol. The zero-order valence-electron chi connectivity index (χ0n) is 8.92. The highest BCUT2D eigenvalue weighted by Gasteiger charge is 1.98. The highest BCUT2D eigenvalue weighted by Crippen LogP contribution is 2.07. The first-order valence-corrected chi connectivity index (χ1v) is 5.93. The zero-order valence-corrected chi connectivity index (χ0v) is 9.73. The lowest BCUT2D eigenvalue weighted by Crippen LogP contribution is -2.25. The van der Waals surface area contributed by atoms with Gasteiger partial charge in [-0.1, -0.05) is 0 Å². The highest BCUT2D eigenvalue weighted by atomic mass is 32.1. The van der Waals surface area contributed by atoms with Crippen molar-refractivity contribution in [3.05, 3.63) is 16.1 Å². The van der Waals surface area contributed by atoms with Crippen molar-refractivity contribution in [3.63, 3.8) is 0 Å². The Balaban J connectivity index is 2.04. The van der Waals surface area contributed by atoms with Crippen molar-refractivity contribution in [1.82, 2.24) is 10.3 Å². The molecule has 0 aliphatic heterocycles. The van der Waals surface area contributed by atoms with Gasteiger partial charge in [0.15, 0.2) is 0 Å². The molecule has 80 valence electrons. The number of aryl methyl sites for hydroxylation is 1. The topological polar surface area (TPSA) is 50.9 Å². The quantitative estimate of drug-likeness (QED) is 0.701. The van der Waals surface area contributed by atoms with Gasteiger partial charge < -0.3 is 11.1 Å². The maximum atomic E-state index is 5.64. The summed E-state index contributed by atoms with van der Waals surface area (Å²) in [7, 11) is 0. The molecule has 1 rings (SSSR count). The Hall–Kier alpha value is -0.450. The molecule has 14 heavy (non-hydrogen) atoms. The van der Waals surface area contributed by atoms with E-state index in [1.165, 1.54) is 5.69 Å². The molecule has 1 atom stereocenters. The van der Waals surface area contributed by atoms with Crippen LogP contribution in [0.4, 0.5) is 0 Å². The van der Waals surface area contributed by atoms with Gasteiger partial charge in [-0.25, -0.2) is 4.98 Å². The maximum Gasteiger partial charge on any atom is 0.0897 e. The lowest BCUT2D eigenvalue weighted by atomic mass is 10.2. The molecule has 0 saturated carbocycles. The fourth-order valence-corrected chi connectivity index (χ4v) is 1.84. The number of nitrogens with one attached hydrogen (secondary N) is 1. The molecule has 0 aliphatic rings. The second-order valence-corrected chi connectivity index (χ2v) is 4.69. The normalized spacial score (nSPS) is 13.1. The Bertz CT molecular complexity index is 258. The number of thiazole rings is 1. The van der Waals surface area contributed by atoms with Crippen LogP contribution in [-0.4, -0.2) is 24.1 Å². The monoisotopic (exact) mass is 213 g/mol. The molecule has 4 heteroatoms. The molecule has 0 fully saturated rings. The second-order valence-electron chi connectivity index (χ2n) is 3.62. The summed E-state index contributed by atoms with van der Waals surface area (Å²) in [6.07, 6.45) is 2.05. The van der Waals surface area contributed by atoms with E-state index >= 15 is 0 Å². The standard InChI is InChI=1S/C10H19N3S/c1-8(11)3-5-12-6-4-10-7-14-9(2)13-10/h7-8,12H,3-6,11H2,1-2H3. The van der Waals surface area contributed by atoms with Gasteiger partial charge in [0.2, 0.25) is 0 Å². The third kappa shape index (κ3) is 4.69. The van der Waals surface area contributed by atoms with Gasteiger partial charge in [-0.05, 0) is 26.8 Å². The molecule has 0 amide bonds. The summed E-state index contributed by atoms with van der Waals surface area (Å²) in [6, 6.07) is 0.295. The minimum Gasteiger partial charge on any atom is -0.328 e. The molecule has 3 N–H and O–H groups in total. The third-order valence-corrected chi connectivity index (χ3v) is 2.82. The summed E-state index contributed by atoms with van der Waals surface area (Å²) in [4.78, 5) is 4.40. The van der Waals surface area contributed by atoms with Crippen LogP contribution < -0.4 is 11.1 Å². The molecular formula is C10H19N3S. The first-order valence-electron chi connectivity index (χ1n) is 5.06. The van der Waals surface area contributed by atoms with E-state index in [0.717, 1.165) is 30.9 Å². The Morgan fingerprint density at radius 3 is 2.93 bits per heavy atom. The summed E-state index contributed by atoms with van der Waals surface area (Å²) in [6.45, 7) is 6.07. The largest absolute Gasteiger partial charge is 0.328 e. The van der Waals surface area contributed by atoms with E-state index in [4.69, 9.17) is 5.73 Å². The minimum atomic E-state index is 0.295. The lowest BCUT2D eigenvalue weighted by molar-refractivity contribution is 0.588. The second kappa shape index (κ2) is 6.11. The zero-order chi connectivity index (χ0) is 10.4. The van der Waals surface area contributed by atoms with Gasteiger partial charge in [-0.3, -0.25) is 0 Å². The Morgan fingerprint density at radius 2 is 2.36 bits per heavy atom. The molecule has 3 nitrogen and oxygen atoms in total. The molecule has 0 bridgehead atoms. The number of nitrogens with zero attached hydrogens (tertiary/aromatic N) is 1. The van der Waals surface area contributed by atoms with E-state index in [1.807, 2.05) is 13.8 Å². The Kier molecular flexibility index (Phi) is 5.07. The maximum absolute atomic E-state index is 5.64. The molecule has 1 heterocycles. The van der Waals surface area contributed by atoms with E-state index in [1.54, 1.807) is 11.3 Å². The van der Waals surface area contributed by atoms with Gasteiger partial charge in [0, 0.05) is 24.4 Å². The van der Waals surface area contributed by atoms with E-state index in [2.05, 4.69) is 15.7 Å². The van der Waals surface area contributed by atoms with Gasteiger partial charge >= 0.3 is 0 Å². The van der Waals surface area contributed by atoms with E-state index in [-0.39, 0.29) is 0 Å². The van der Waals surface area contributed by atoms with Crippen molar-refractivity contribution in [2.45, 2.75) is 32.7 Å². The number of aromatic nitrogens is 1.